The van der Waals surface area contributed by atoms with Crippen molar-refractivity contribution in [1.82, 2.24) is 4.98 Å². The van der Waals surface area contributed by atoms with E-state index >= 15 is 0 Å². The Hall–Kier alpha value is -1.99. The van der Waals surface area contributed by atoms with Crippen molar-refractivity contribution < 1.29 is 4.42 Å². The van der Waals surface area contributed by atoms with Gasteiger partial charge in [-0.2, -0.15) is 10.2 Å². The molecule has 1 aliphatic rings. The topological polar surface area (TPSA) is 53.1 Å². The lowest BCUT2D eigenvalue weighted by Crippen LogP contribution is -2.24. The third-order valence-electron chi connectivity index (χ3n) is 3.70. The van der Waals surface area contributed by atoms with E-state index in [0.29, 0.717) is 22.5 Å². The van der Waals surface area contributed by atoms with E-state index in [2.05, 4.69) is 16.0 Å². The van der Waals surface area contributed by atoms with E-state index in [1.807, 2.05) is 12.1 Å². The van der Waals surface area contributed by atoms with Crippen LogP contribution in [0.3, 0.4) is 0 Å². The average molecular weight is 302 g/mol. The largest absolute Gasteiger partial charge is 0.419 e. The number of nitrogens with zero attached hydrogens (tertiary/aromatic N) is 3. The Morgan fingerprint density at radius 1 is 1.10 bits per heavy atom. The van der Waals surface area contributed by atoms with Crippen molar-refractivity contribution in [2.24, 2.45) is 0 Å². The first-order valence-electron chi connectivity index (χ1n) is 7.20. The predicted octanol–water partition coefficient (Wildman–Crippen LogP) is 4.25. The van der Waals surface area contributed by atoms with Crippen LogP contribution in [0.15, 0.2) is 28.7 Å². The van der Waals surface area contributed by atoms with Gasteiger partial charge in [0.05, 0.1) is 0 Å². The predicted molar refractivity (Wildman–Crippen MR) is 82.3 cm³/mol. The molecule has 0 saturated carbocycles. The number of hydrogen-bond donors (Lipinski definition) is 0. The van der Waals surface area contributed by atoms with Gasteiger partial charge in [-0.25, -0.2) is 0 Å². The Kier molecular flexibility index (Phi) is 4.12. The molecular weight excluding hydrogens is 286 g/mol. The van der Waals surface area contributed by atoms with Crippen LogP contribution in [0.1, 0.15) is 31.4 Å². The standard InChI is InChI=1S/C16H16ClN3O/c17-13-7-5-12(6-8-13)15-19-14(11-18)16(21-15)20-9-3-1-2-4-10-20/h5-8H,1-4,9-10H2. The molecule has 108 valence electrons. The molecule has 3 rings (SSSR count). The van der Waals surface area contributed by atoms with Crippen molar-refractivity contribution in [2.45, 2.75) is 25.7 Å². The maximum atomic E-state index is 9.30. The summed E-state index contributed by atoms with van der Waals surface area (Å²) < 4.78 is 5.88. The van der Waals surface area contributed by atoms with Gasteiger partial charge in [-0.3, -0.25) is 0 Å². The monoisotopic (exact) mass is 301 g/mol. The van der Waals surface area contributed by atoms with E-state index in [-0.39, 0.29) is 0 Å². The Morgan fingerprint density at radius 3 is 2.38 bits per heavy atom. The SMILES string of the molecule is N#Cc1nc(-c2ccc(Cl)cc2)oc1N1CCCCCC1. The quantitative estimate of drug-likeness (QED) is 0.832. The molecule has 5 heteroatoms. The lowest BCUT2D eigenvalue weighted by molar-refractivity contribution is 0.550. The first-order valence-corrected chi connectivity index (χ1v) is 7.57. The van der Waals surface area contributed by atoms with Gasteiger partial charge >= 0.3 is 0 Å². The zero-order valence-electron chi connectivity index (χ0n) is 11.7. The highest BCUT2D eigenvalue weighted by atomic mass is 35.5. The zero-order valence-corrected chi connectivity index (χ0v) is 12.4. The molecule has 2 aromatic rings. The van der Waals surface area contributed by atoms with Crippen LogP contribution in [0.5, 0.6) is 0 Å². The molecular formula is C16H16ClN3O. The molecule has 2 heterocycles. The number of hydrogen-bond acceptors (Lipinski definition) is 4. The van der Waals surface area contributed by atoms with Gasteiger partial charge in [-0.15, -0.1) is 0 Å². The first kappa shape index (κ1) is 14.0. The molecule has 0 spiro atoms. The lowest BCUT2D eigenvalue weighted by atomic mass is 10.2. The number of halogens is 1. The molecule has 0 amide bonds. The van der Waals surface area contributed by atoms with Crippen molar-refractivity contribution in [2.75, 3.05) is 18.0 Å². The second-order valence-corrected chi connectivity index (χ2v) is 5.63. The number of aromatic nitrogens is 1. The van der Waals surface area contributed by atoms with E-state index in [1.165, 1.54) is 12.8 Å². The highest BCUT2D eigenvalue weighted by Gasteiger charge is 2.21. The molecule has 1 aromatic heterocycles. The van der Waals surface area contributed by atoms with E-state index in [1.54, 1.807) is 12.1 Å². The van der Waals surface area contributed by atoms with Crippen molar-refractivity contribution >= 4 is 17.5 Å². The van der Waals surface area contributed by atoms with Crippen LogP contribution in [0.2, 0.25) is 5.02 Å². The van der Waals surface area contributed by atoms with Crippen LogP contribution < -0.4 is 4.90 Å². The molecule has 0 radical (unpaired) electrons. The normalized spacial score (nSPS) is 15.5. The van der Waals surface area contributed by atoms with E-state index in [4.69, 9.17) is 16.0 Å². The zero-order chi connectivity index (χ0) is 14.7. The lowest BCUT2D eigenvalue weighted by Gasteiger charge is -2.18. The van der Waals surface area contributed by atoms with Gasteiger partial charge in [-0.05, 0) is 37.1 Å². The van der Waals surface area contributed by atoms with Crippen molar-refractivity contribution in [3.8, 4) is 17.5 Å². The number of nitriles is 1. The van der Waals surface area contributed by atoms with Crippen molar-refractivity contribution in [3.63, 3.8) is 0 Å². The highest BCUT2D eigenvalue weighted by Crippen LogP contribution is 2.30. The summed E-state index contributed by atoms with van der Waals surface area (Å²) in [6.45, 7) is 1.84. The van der Waals surface area contributed by atoms with Crippen molar-refractivity contribution in [1.29, 1.82) is 5.26 Å². The molecule has 0 atom stereocenters. The number of benzene rings is 1. The molecule has 4 nitrogen and oxygen atoms in total. The summed E-state index contributed by atoms with van der Waals surface area (Å²) in [5.74, 6) is 1.08. The van der Waals surface area contributed by atoms with Crippen LogP contribution in [0.4, 0.5) is 5.88 Å². The molecule has 21 heavy (non-hydrogen) atoms. The minimum absolute atomic E-state index is 0.363. The van der Waals surface area contributed by atoms with Crippen LogP contribution in [0.25, 0.3) is 11.5 Å². The molecule has 1 aliphatic heterocycles. The fourth-order valence-electron chi connectivity index (χ4n) is 2.59. The minimum atomic E-state index is 0.363. The van der Waals surface area contributed by atoms with E-state index in [0.717, 1.165) is 31.5 Å². The number of anilines is 1. The summed E-state index contributed by atoms with van der Waals surface area (Å²) in [5, 5.41) is 9.97. The molecule has 1 fully saturated rings. The van der Waals surface area contributed by atoms with Gasteiger partial charge in [-0.1, -0.05) is 24.4 Å². The molecule has 1 saturated heterocycles. The van der Waals surface area contributed by atoms with Gasteiger partial charge in [0.1, 0.15) is 6.07 Å². The van der Waals surface area contributed by atoms with Crippen LogP contribution in [-0.4, -0.2) is 18.1 Å². The molecule has 0 bridgehead atoms. The highest BCUT2D eigenvalue weighted by molar-refractivity contribution is 6.30. The minimum Gasteiger partial charge on any atom is -0.419 e. The Balaban J connectivity index is 1.94. The summed E-state index contributed by atoms with van der Waals surface area (Å²) in [6.07, 6.45) is 4.72. The number of rotatable bonds is 2. The Labute approximate surface area is 129 Å². The van der Waals surface area contributed by atoms with Crippen LogP contribution in [0, 0.1) is 11.3 Å². The van der Waals surface area contributed by atoms with Gasteiger partial charge in [0.2, 0.25) is 17.5 Å². The summed E-state index contributed by atoms with van der Waals surface area (Å²) in [7, 11) is 0. The third kappa shape index (κ3) is 3.03. The van der Waals surface area contributed by atoms with Crippen molar-refractivity contribution in [3.05, 3.63) is 35.0 Å². The molecule has 1 aromatic carbocycles. The molecule has 0 N–H and O–H groups in total. The average Bonchev–Trinajstić information content (AvgIpc) is 2.75. The molecule has 0 unspecified atom stereocenters. The second kappa shape index (κ2) is 6.19. The fraction of sp³-hybridized carbons (Fsp3) is 0.375. The Bertz CT molecular complexity index is 649. The molecule has 0 aliphatic carbocycles. The summed E-state index contributed by atoms with van der Waals surface area (Å²) >= 11 is 5.89. The van der Waals surface area contributed by atoms with E-state index < -0.39 is 0 Å². The second-order valence-electron chi connectivity index (χ2n) is 5.19. The van der Waals surface area contributed by atoms with Gasteiger partial charge in [0, 0.05) is 23.7 Å². The van der Waals surface area contributed by atoms with E-state index in [9.17, 15) is 5.26 Å². The third-order valence-corrected chi connectivity index (χ3v) is 3.95. The first-order chi connectivity index (χ1) is 10.3. The fourth-order valence-corrected chi connectivity index (χ4v) is 2.71. The summed E-state index contributed by atoms with van der Waals surface area (Å²) in [6, 6.07) is 9.42. The smallest absolute Gasteiger partial charge is 0.235 e. The van der Waals surface area contributed by atoms with Crippen LogP contribution >= 0.6 is 11.6 Å². The van der Waals surface area contributed by atoms with Gasteiger partial charge in [0.15, 0.2) is 0 Å². The maximum absolute atomic E-state index is 9.30. The maximum Gasteiger partial charge on any atom is 0.235 e. The van der Waals surface area contributed by atoms with Crippen LogP contribution in [-0.2, 0) is 0 Å². The summed E-state index contributed by atoms with van der Waals surface area (Å²) in [5.41, 5.74) is 1.19. The Morgan fingerprint density at radius 2 is 1.76 bits per heavy atom. The van der Waals surface area contributed by atoms with Gasteiger partial charge in [0.25, 0.3) is 0 Å². The number of oxazole rings is 1. The van der Waals surface area contributed by atoms with Gasteiger partial charge < -0.3 is 9.32 Å². The summed E-state index contributed by atoms with van der Waals surface area (Å²) in [4.78, 5) is 6.46.